The fourth-order valence-corrected chi connectivity index (χ4v) is 6.36. The summed E-state index contributed by atoms with van der Waals surface area (Å²) in [6.45, 7) is 0.438. The molecular formula is C22H26N4O3. The van der Waals surface area contributed by atoms with Gasteiger partial charge in [0.1, 0.15) is 12.4 Å². The summed E-state index contributed by atoms with van der Waals surface area (Å²) < 4.78 is 1.54. The molecule has 7 heteroatoms. The summed E-state index contributed by atoms with van der Waals surface area (Å²) in [6.07, 6.45) is 10.2. The highest BCUT2D eigenvalue weighted by atomic mass is 16.6. The molecule has 0 saturated heterocycles. The van der Waals surface area contributed by atoms with Crippen LogP contribution >= 0.6 is 0 Å². The third kappa shape index (κ3) is 3.22. The zero-order valence-corrected chi connectivity index (χ0v) is 16.7. The first-order chi connectivity index (χ1) is 13.9. The van der Waals surface area contributed by atoms with E-state index in [0.717, 1.165) is 23.3 Å². The molecule has 1 aromatic carbocycles. The van der Waals surface area contributed by atoms with Crippen LogP contribution in [0.25, 0.3) is 0 Å². The van der Waals surface area contributed by atoms with Crippen molar-refractivity contribution in [3.63, 3.8) is 0 Å². The number of hydrogen-bond donors (Lipinski definition) is 0. The third-order valence-electron chi connectivity index (χ3n) is 7.40. The van der Waals surface area contributed by atoms with Crippen LogP contribution in [0.15, 0.2) is 36.7 Å². The average molecular weight is 394 g/mol. The fourth-order valence-electron chi connectivity index (χ4n) is 6.36. The quantitative estimate of drug-likeness (QED) is 0.569. The molecule has 4 aliphatic rings. The van der Waals surface area contributed by atoms with Crippen molar-refractivity contribution in [1.29, 1.82) is 0 Å². The molecule has 0 radical (unpaired) electrons. The number of amides is 1. The van der Waals surface area contributed by atoms with Gasteiger partial charge in [-0.3, -0.25) is 19.6 Å². The van der Waals surface area contributed by atoms with Crippen molar-refractivity contribution >= 4 is 11.6 Å². The van der Waals surface area contributed by atoms with Crippen LogP contribution in [0.1, 0.15) is 54.4 Å². The molecule has 0 spiro atoms. The van der Waals surface area contributed by atoms with E-state index in [2.05, 4.69) is 5.10 Å². The van der Waals surface area contributed by atoms with Crippen LogP contribution in [0.3, 0.4) is 0 Å². The first-order valence-corrected chi connectivity index (χ1v) is 10.5. The Labute approximate surface area is 169 Å². The average Bonchev–Trinajstić information content (AvgIpc) is 3.15. The fraction of sp³-hybridized carbons (Fsp3) is 0.545. The van der Waals surface area contributed by atoms with Crippen LogP contribution in [0.4, 0.5) is 5.69 Å². The number of carbonyl (C=O) groups is 1. The van der Waals surface area contributed by atoms with E-state index in [1.54, 1.807) is 0 Å². The molecule has 0 atom stereocenters. The smallest absolute Gasteiger partial charge is 0.307 e. The van der Waals surface area contributed by atoms with Gasteiger partial charge in [-0.1, -0.05) is 12.1 Å². The molecule has 6 rings (SSSR count). The van der Waals surface area contributed by atoms with Gasteiger partial charge in [-0.05, 0) is 74.0 Å². The molecule has 4 aliphatic carbocycles. The molecule has 0 N–H and O–H groups in total. The van der Waals surface area contributed by atoms with E-state index in [-0.39, 0.29) is 17.1 Å². The van der Waals surface area contributed by atoms with E-state index in [1.165, 1.54) is 55.6 Å². The summed E-state index contributed by atoms with van der Waals surface area (Å²) in [5.74, 6) is 2.51. The van der Waals surface area contributed by atoms with Gasteiger partial charge in [0.15, 0.2) is 0 Å². The van der Waals surface area contributed by atoms with Gasteiger partial charge in [0.2, 0.25) is 0 Å². The van der Waals surface area contributed by atoms with Gasteiger partial charge in [0, 0.05) is 18.2 Å². The summed E-state index contributed by atoms with van der Waals surface area (Å²) in [7, 11) is 1.99. The second-order valence-electron chi connectivity index (χ2n) is 9.36. The van der Waals surface area contributed by atoms with Crippen molar-refractivity contribution in [2.75, 3.05) is 7.05 Å². The molecule has 0 unspecified atom stereocenters. The largest absolute Gasteiger partial charge is 0.336 e. The van der Waals surface area contributed by atoms with Gasteiger partial charge in [-0.25, -0.2) is 0 Å². The summed E-state index contributed by atoms with van der Waals surface area (Å²) in [5, 5.41) is 14.8. The molecule has 0 aliphatic heterocycles. The molecule has 1 heterocycles. The molecule has 4 bridgehead atoms. The number of rotatable bonds is 5. The highest BCUT2D eigenvalue weighted by Crippen LogP contribution is 2.57. The Hall–Kier alpha value is -2.70. The number of carbonyl (C=O) groups excluding carboxylic acids is 1. The highest BCUT2D eigenvalue weighted by molar-refractivity contribution is 5.94. The van der Waals surface area contributed by atoms with Gasteiger partial charge in [-0.15, -0.1) is 0 Å². The van der Waals surface area contributed by atoms with Crippen LogP contribution in [-0.2, 0) is 6.54 Å². The van der Waals surface area contributed by atoms with Gasteiger partial charge < -0.3 is 4.90 Å². The number of nitro groups is 1. The lowest BCUT2D eigenvalue weighted by atomic mass is 9.52. The maximum absolute atomic E-state index is 13.2. The molecule has 2 aromatic rings. The van der Waals surface area contributed by atoms with Crippen molar-refractivity contribution in [2.24, 2.45) is 17.8 Å². The molecule has 1 aromatic heterocycles. The van der Waals surface area contributed by atoms with E-state index in [9.17, 15) is 14.9 Å². The Kier molecular flexibility index (Phi) is 4.22. The van der Waals surface area contributed by atoms with Gasteiger partial charge in [0.05, 0.1) is 11.5 Å². The minimum atomic E-state index is -0.453. The summed E-state index contributed by atoms with van der Waals surface area (Å²) in [5.41, 5.74) is 1.70. The maximum atomic E-state index is 13.2. The topological polar surface area (TPSA) is 81.3 Å². The second-order valence-corrected chi connectivity index (χ2v) is 9.36. The number of aromatic nitrogens is 2. The van der Waals surface area contributed by atoms with Gasteiger partial charge in [-0.2, -0.15) is 5.10 Å². The van der Waals surface area contributed by atoms with Crippen molar-refractivity contribution in [2.45, 2.75) is 50.6 Å². The predicted molar refractivity (Wildman–Crippen MR) is 107 cm³/mol. The lowest BCUT2D eigenvalue weighted by molar-refractivity contribution is -0.385. The third-order valence-corrected chi connectivity index (χ3v) is 7.40. The Morgan fingerprint density at radius 2 is 1.76 bits per heavy atom. The molecule has 4 saturated carbocycles. The van der Waals surface area contributed by atoms with Crippen molar-refractivity contribution in [1.82, 2.24) is 14.7 Å². The van der Waals surface area contributed by atoms with E-state index in [1.807, 2.05) is 36.2 Å². The lowest BCUT2D eigenvalue weighted by Crippen LogP contribution is -2.60. The summed E-state index contributed by atoms with van der Waals surface area (Å²) >= 11 is 0. The van der Waals surface area contributed by atoms with E-state index in [0.29, 0.717) is 12.1 Å². The van der Waals surface area contributed by atoms with E-state index in [4.69, 9.17) is 0 Å². The summed E-state index contributed by atoms with van der Waals surface area (Å²) in [6, 6.07) is 7.56. The standard InChI is InChI=1S/C22H26N4O3/c1-24(22-9-16-6-17(10-22)8-18(7-16)11-22)21(27)19-4-2-15(3-5-19)13-25-14-20(12-23-25)26(28)29/h2-5,12,14,16-18H,6-11,13H2,1H3. The first-order valence-electron chi connectivity index (χ1n) is 10.5. The molecular weight excluding hydrogens is 368 g/mol. The number of hydrogen-bond acceptors (Lipinski definition) is 4. The molecule has 7 nitrogen and oxygen atoms in total. The minimum Gasteiger partial charge on any atom is -0.336 e. The Morgan fingerprint density at radius 1 is 1.17 bits per heavy atom. The van der Waals surface area contributed by atoms with Crippen LogP contribution < -0.4 is 0 Å². The first kappa shape index (κ1) is 18.3. The van der Waals surface area contributed by atoms with Crippen LogP contribution in [0.5, 0.6) is 0 Å². The highest BCUT2D eigenvalue weighted by Gasteiger charge is 2.53. The molecule has 152 valence electrons. The zero-order valence-electron chi connectivity index (χ0n) is 16.7. The van der Waals surface area contributed by atoms with Crippen molar-refractivity contribution < 1.29 is 9.72 Å². The monoisotopic (exact) mass is 394 g/mol. The maximum Gasteiger partial charge on any atom is 0.307 e. The number of benzene rings is 1. The van der Waals surface area contributed by atoms with Crippen LogP contribution in [-0.4, -0.2) is 38.1 Å². The van der Waals surface area contributed by atoms with Crippen molar-refractivity contribution in [3.8, 4) is 0 Å². The van der Waals surface area contributed by atoms with Crippen LogP contribution in [0.2, 0.25) is 0 Å². The minimum absolute atomic E-state index is 0.0194. The number of nitrogens with zero attached hydrogens (tertiary/aromatic N) is 4. The predicted octanol–water partition coefficient (Wildman–Crippen LogP) is 3.88. The van der Waals surface area contributed by atoms with E-state index < -0.39 is 4.92 Å². The van der Waals surface area contributed by atoms with E-state index >= 15 is 0 Å². The molecule has 29 heavy (non-hydrogen) atoms. The normalized spacial score (nSPS) is 29.8. The zero-order chi connectivity index (χ0) is 20.2. The molecule has 1 amide bonds. The SMILES string of the molecule is CN(C(=O)c1ccc(Cn2cc([N+](=O)[O-])cn2)cc1)C12CC3CC(CC(C3)C1)C2. The Balaban J connectivity index is 1.29. The van der Waals surface area contributed by atoms with Crippen molar-refractivity contribution in [3.05, 3.63) is 57.9 Å². The lowest BCUT2D eigenvalue weighted by Gasteiger charge is -2.59. The second kappa shape index (κ2) is 6.68. The summed E-state index contributed by atoms with van der Waals surface area (Å²) in [4.78, 5) is 25.6. The van der Waals surface area contributed by atoms with Gasteiger partial charge >= 0.3 is 5.69 Å². The molecule has 4 fully saturated rings. The van der Waals surface area contributed by atoms with Gasteiger partial charge in [0.25, 0.3) is 5.91 Å². The Morgan fingerprint density at radius 3 is 2.28 bits per heavy atom. The Bertz CT molecular complexity index is 914. The van der Waals surface area contributed by atoms with Crippen LogP contribution in [0, 0.1) is 27.9 Å².